The van der Waals surface area contributed by atoms with Gasteiger partial charge in [0, 0.05) is 0 Å². The fourth-order valence-corrected chi connectivity index (χ4v) is 5.03. The molecule has 9 heteroatoms. The van der Waals surface area contributed by atoms with E-state index in [-0.39, 0.29) is 12.5 Å². The Balaban J connectivity index is 1.33. The maximum absolute atomic E-state index is 6.47. The summed E-state index contributed by atoms with van der Waals surface area (Å²) in [5.41, 5.74) is 5.37. The van der Waals surface area contributed by atoms with Gasteiger partial charge in [-0.15, -0.1) is 5.10 Å². The van der Waals surface area contributed by atoms with Gasteiger partial charge >= 0.3 is 0 Å². The summed E-state index contributed by atoms with van der Waals surface area (Å²) in [5, 5.41) is 9.52. The first-order chi connectivity index (χ1) is 19.2. The first-order valence-electron chi connectivity index (χ1n) is 12.6. The minimum atomic E-state index is -0.196. The van der Waals surface area contributed by atoms with Crippen molar-refractivity contribution in [1.29, 1.82) is 0 Å². The average Bonchev–Trinajstić information content (AvgIpc) is 3.56. The third-order valence-corrected chi connectivity index (χ3v) is 6.83. The lowest BCUT2D eigenvalue weighted by Gasteiger charge is -2.26. The SMILES string of the molecule is COc1ccc(OCc2nc3c4c(ncn3n2)Oc2c(c(C)nn2-c2ccccc2)[C@@H]4c2ccccc2)cc1. The van der Waals surface area contributed by atoms with Crippen LogP contribution in [0.1, 0.15) is 34.1 Å². The van der Waals surface area contributed by atoms with Crippen LogP contribution in [0.15, 0.2) is 91.3 Å². The Labute approximate surface area is 224 Å². The Morgan fingerprint density at radius 3 is 2.31 bits per heavy atom. The molecular formula is C30H24N6O3. The number of fused-ring (bicyclic) bond motifs is 4. The monoisotopic (exact) mass is 516 g/mol. The van der Waals surface area contributed by atoms with E-state index in [4.69, 9.17) is 24.3 Å². The first kappa shape index (κ1) is 23.0. The smallest absolute Gasteiger partial charge is 0.230 e. The molecule has 4 heterocycles. The van der Waals surface area contributed by atoms with E-state index in [0.717, 1.165) is 33.8 Å². The lowest BCUT2D eigenvalue weighted by molar-refractivity contribution is 0.295. The van der Waals surface area contributed by atoms with E-state index in [9.17, 15) is 0 Å². The summed E-state index contributed by atoms with van der Waals surface area (Å²) in [6.07, 6.45) is 1.63. The lowest BCUT2D eigenvalue weighted by atomic mass is 9.84. The van der Waals surface area contributed by atoms with Gasteiger partial charge in [-0.2, -0.15) is 5.10 Å². The molecule has 192 valence electrons. The minimum absolute atomic E-state index is 0.196. The van der Waals surface area contributed by atoms with Crippen molar-refractivity contribution in [2.24, 2.45) is 0 Å². The molecule has 0 bridgehead atoms. The van der Waals surface area contributed by atoms with Gasteiger partial charge in [-0.1, -0.05) is 48.5 Å². The van der Waals surface area contributed by atoms with Crippen molar-refractivity contribution >= 4 is 5.65 Å². The van der Waals surface area contributed by atoms with Crippen molar-refractivity contribution < 1.29 is 14.2 Å². The molecule has 1 atom stereocenters. The van der Waals surface area contributed by atoms with Crippen LogP contribution in [0, 0.1) is 6.92 Å². The predicted octanol–water partition coefficient (Wildman–Crippen LogP) is 5.49. The van der Waals surface area contributed by atoms with Gasteiger partial charge in [-0.25, -0.2) is 19.2 Å². The van der Waals surface area contributed by atoms with Gasteiger partial charge in [0.15, 0.2) is 11.5 Å². The molecule has 0 fully saturated rings. The molecule has 9 nitrogen and oxygen atoms in total. The van der Waals surface area contributed by atoms with Crippen LogP contribution in [0.3, 0.4) is 0 Å². The van der Waals surface area contributed by atoms with E-state index in [0.29, 0.717) is 29.0 Å². The zero-order valence-electron chi connectivity index (χ0n) is 21.4. The summed E-state index contributed by atoms with van der Waals surface area (Å²) in [5.74, 6) is 2.95. The zero-order chi connectivity index (χ0) is 26.3. The third kappa shape index (κ3) is 3.95. The lowest BCUT2D eigenvalue weighted by Crippen LogP contribution is -2.16. The van der Waals surface area contributed by atoms with Crippen LogP contribution in [0.4, 0.5) is 0 Å². The molecule has 0 spiro atoms. The molecule has 39 heavy (non-hydrogen) atoms. The van der Waals surface area contributed by atoms with Crippen LogP contribution >= 0.6 is 0 Å². The van der Waals surface area contributed by atoms with Gasteiger partial charge in [0.1, 0.15) is 24.4 Å². The predicted molar refractivity (Wildman–Crippen MR) is 144 cm³/mol. The number of methoxy groups -OCH3 is 1. The van der Waals surface area contributed by atoms with Gasteiger partial charge in [-0.05, 0) is 48.9 Å². The quantitative estimate of drug-likeness (QED) is 0.289. The molecule has 6 aromatic rings. The van der Waals surface area contributed by atoms with E-state index >= 15 is 0 Å². The zero-order valence-corrected chi connectivity index (χ0v) is 21.4. The summed E-state index contributed by atoms with van der Waals surface area (Å²) in [6.45, 7) is 2.21. The van der Waals surface area contributed by atoms with Gasteiger partial charge in [0.25, 0.3) is 0 Å². The van der Waals surface area contributed by atoms with Crippen LogP contribution in [0.2, 0.25) is 0 Å². The van der Waals surface area contributed by atoms with E-state index in [1.54, 1.807) is 18.0 Å². The van der Waals surface area contributed by atoms with Crippen molar-refractivity contribution in [2.45, 2.75) is 19.4 Å². The second-order valence-electron chi connectivity index (χ2n) is 9.22. The standard InChI is InChI=1S/C30H24N6O3/c1-19-25-26(20-9-5-3-6-10-20)27-28-32-24(17-38-23-15-13-22(37-2)14-16-23)34-35(28)18-31-29(27)39-30(25)36(33-19)21-11-7-4-8-12-21/h3-16,18,26H,17H2,1-2H3/t26-/m0/s1. The highest BCUT2D eigenvalue weighted by Gasteiger charge is 2.38. The Kier molecular flexibility index (Phi) is 5.47. The molecule has 0 radical (unpaired) electrons. The Morgan fingerprint density at radius 1 is 0.846 bits per heavy atom. The van der Waals surface area contributed by atoms with Gasteiger partial charge in [0.05, 0.1) is 35.5 Å². The fourth-order valence-electron chi connectivity index (χ4n) is 5.03. The van der Waals surface area contributed by atoms with Crippen LogP contribution in [0.25, 0.3) is 11.3 Å². The molecule has 3 aromatic carbocycles. The van der Waals surface area contributed by atoms with Crippen LogP contribution in [0.5, 0.6) is 23.3 Å². The number of ether oxygens (including phenoxy) is 3. The van der Waals surface area contributed by atoms with E-state index in [2.05, 4.69) is 22.2 Å². The van der Waals surface area contributed by atoms with Crippen molar-refractivity contribution in [3.8, 4) is 28.9 Å². The molecule has 7 rings (SSSR count). The first-order valence-corrected chi connectivity index (χ1v) is 12.6. The topological polar surface area (TPSA) is 88.6 Å². The Morgan fingerprint density at radius 2 is 1.56 bits per heavy atom. The van der Waals surface area contributed by atoms with Crippen LogP contribution in [-0.2, 0) is 6.61 Å². The number of hydrogen-bond donors (Lipinski definition) is 0. The van der Waals surface area contributed by atoms with E-state index in [1.165, 1.54) is 0 Å². The number of aromatic nitrogens is 6. The summed E-state index contributed by atoms with van der Waals surface area (Å²) in [7, 11) is 1.63. The van der Waals surface area contributed by atoms with Crippen LogP contribution < -0.4 is 14.2 Å². The summed E-state index contributed by atoms with van der Waals surface area (Å²) >= 11 is 0. The molecule has 0 N–H and O–H groups in total. The average molecular weight is 517 g/mol. The highest BCUT2D eigenvalue weighted by molar-refractivity contribution is 5.66. The molecule has 0 aliphatic carbocycles. The normalized spacial score (nSPS) is 13.9. The number of rotatable bonds is 6. The third-order valence-electron chi connectivity index (χ3n) is 6.83. The number of para-hydroxylation sites is 1. The van der Waals surface area contributed by atoms with E-state index < -0.39 is 0 Å². The molecular weight excluding hydrogens is 492 g/mol. The van der Waals surface area contributed by atoms with Gasteiger partial charge < -0.3 is 14.2 Å². The number of benzene rings is 3. The second kappa shape index (κ2) is 9.29. The van der Waals surface area contributed by atoms with Crippen LogP contribution in [-0.4, -0.2) is 36.5 Å². The number of aryl methyl sites for hydroxylation is 1. The molecule has 0 amide bonds. The van der Waals surface area contributed by atoms with Crippen molar-refractivity contribution in [2.75, 3.05) is 7.11 Å². The van der Waals surface area contributed by atoms with E-state index in [1.807, 2.05) is 84.4 Å². The van der Waals surface area contributed by atoms with Crippen molar-refractivity contribution in [3.63, 3.8) is 0 Å². The molecule has 3 aromatic heterocycles. The maximum Gasteiger partial charge on any atom is 0.230 e. The summed E-state index contributed by atoms with van der Waals surface area (Å²) in [6, 6.07) is 27.7. The molecule has 1 aliphatic rings. The minimum Gasteiger partial charge on any atom is -0.497 e. The maximum atomic E-state index is 6.47. The fraction of sp³-hybridized carbons (Fsp3) is 0.133. The van der Waals surface area contributed by atoms with Crippen molar-refractivity contribution in [1.82, 2.24) is 29.4 Å². The Hall–Kier alpha value is -5.18. The molecule has 1 aliphatic heterocycles. The Bertz CT molecular complexity index is 1780. The summed E-state index contributed by atoms with van der Waals surface area (Å²) < 4.78 is 21.2. The number of hydrogen-bond acceptors (Lipinski definition) is 7. The number of nitrogens with zero attached hydrogens (tertiary/aromatic N) is 6. The van der Waals surface area contributed by atoms with Crippen molar-refractivity contribution in [3.05, 3.63) is 119 Å². The molecule has 0 unspecified atom stereocenters. The highest BCUT2D eigenvalue weighted by Crippen LogP contribution is 2.49. The molecule has 0 saturated heterocycles. The highest BCUT2D eigenvalue weighted by atomic mass is 16.5. The second-order valence-corrected chi connectivity index (χ2v) is 9.22. The van der Waals surface area contributed by atoms with Gasteiger partial charge in [0.2, 0.25) is 11.8 Å². The largest absolute Gasteiger partial charge is 0.497 e. The van der Waals surface area contributed by atoms with Gasteiger partial charge in [-0.3, -0.25) is 0 Å². The molecule has 0 saturated carbocycles. The summed E-state index contributed by atoms with van der Waals surface area (Å²) in [4.78, 5) is 9.53.